The standard InChI is InChI=1S/C11H10Cl2N4O/c12-9-6-16-10(13)5-8(9)11(18)15-2-4-17-3-1-14-7-17/h1,3,5-7H,2,4H2,(H,15,18). The topological polar surface area (TPSA) is 59.8 Å². The third kappa shape index (κ3) is 3.21. The van der Waals surface area contributed by atoms with E-state index < -0.39 is 0 Å². The molecule has 2 rings (SSSR count). The zero-order valence-corrected chi connectivity index (χ0v) is 10.8. The minimum absolute atomic E-state index is 0.235. The van der Waals surface area contributed by atoms with Crippen LogP contribution < -0.4 is 5.32 Å². The number of carbonyl (C=O) groups excluding carboxylic acids is 1. The largest absolute Gasteiger partial charge is 0.350 e. The average Bonchev–Trinajstić information content (AvgIpc) is 2.85. The molecule has 2 aromatic rings. The lowest BCUT2D eigenvalue weighted by Gasteiger charge is -2.07. The first-order chi connectivity index (χ1) is 8.66. The maximum atomic E-state index is 11.8. The van der Waals surface area contributed by atoms with Gasteiger partial charge in [-0.2, -0.15) is 0 Å². The molecular formula is C11H10Cl2N4O. The van der Waals surface area contributed by atoms with Crippen molar-refractivity contribution in [1.82, 2.24) is 19.9 Å². The molecule has 5 nitrogen and oxygen atoms in total. The second-order valence-electron chi connectivity index (χ2n) is 3.54. The summed E-state index contributed by atoms with van der Waals surface area (Å²) in [5, 5.41) is 3.26. The Hall–Kier alpha value is -1.59. The van der Waals surface area contributed by atoms with Gasteiger partial charge in [0.05, 0.1) is 16.9 Å². The van der Waals surface area contributed by atoms with Gasteiger partial charge in [0, 0.05) is 31.7 Å². The van der Waals surface area contributed by atoms with E-state index >= 15 is 0 Å². The highest BCUT2D eigenvalue weighted by molar-refractivity contribution is 6.35. The zero-order chi connectivity index (χ0) is 13.0. The van der Waals surface area contributed by atoms with Gasteiger partial charge in [-0.1, -0.05) is 23.2 Å². The minimum Gasteiger partial charge on any atom is -0.350 e. The number of imidazole rings is 1. The van der Waals surface area contributed by atoms with Crippen molar-refractivity contribution < 1.29 is 4.79 Å². The van der Waals surface area contributed by atoms with E-state index in [2.05, 4.69) is 15.3 Å². The highest BCUT2D eigenvalue weighted by Gasteiger charge is 2.10. The van der Waals surface area contributed by atoms with E-state index in [9.17, 15) is 4.79 Å². The van der Waals surface area contributed by atoms with Crippen molar-refractivity contribution in [3.05, 3.63) is 46.7 Å². The van der Waals surface area contributed by atoms with Crippen molar-refractivity contribution in [2.24, 2.45) is 0 Å². The quantitative estimate of drug-likeness (QED) is 0.874. The van der Waals surface area contributed by atoms with Crippen LogP contribution in [0.5, 0.6) is 0 Å². The van der Waals surface area contributed by atoms with Gasteiger partial charge in [0.25, 0.3) is 5.91 Å². The molecule has 0 fully saturated rings. The number of nitrogens with zero attached hydrogens (tertiary/aromatic N) is 3. The number of aromatic nitrogens is 3. The summed E-state index contributed by atoms with van der Waals surface area (Å²) in [4.78, 5) is 19.5. The maximum Gasteiger partial charge on any atom is 0.253 e. The van der Waals surface area contributed by atoms with Gasteiger partial charge < -0.3 is 9.88 Å². The molecule has 2 aromatic heterocycles. The first kappa shape index (κ1) is 12.9. The summed E-state index contributed by atoms with van der Waals surface area (Å²) in [7, 11) is 0. The number of hydrogen-bond donors (Lipinski definition) is 1. The molecule has 0 saturated heterocycles. The van der Waals surface area contributed by atoms with E-state index in [1.807, 2.05) is 10.8 Å². The highest BCUT2D eigenvalue weighted by atomic mass is 35.5. The Kier molecular flexibility index (Phi) is 4.17. The Labute approximate surface area is 114 Å². The Bertz CT molecular complexity index is 542. The van der Waals surface area contributed by atoms with Crippen LogP contribution in [0.25, 0.3) is 0 Å². The number of amides is 1. The molecule has 0 radical (unpaired) electrons. The number of pyridine rings is 1. The molecule has 0 aliphatic rings. The maximum absolute atomic E-state index is 11.8. The third-order valence-electron chi connectivity index (χ3n) is 2.28. The Morgan fingerprint density at radius 3 is 3.00 bits per heavy atom. The van der Waals surface area contributed by atoms with E-state index in [-0.39, 0.29) is 16.1 Å². The van der Waals surface area contributed by atoms with Crippen LogP contribution >= 0.6 is 23.2 Å². The van der Waals surface area contributed by atoms with Gasteiger partial charge in [-0.05, 0) is 6.07 Å². The summed E-state index contributed by atoms with van der Waals surface area (Å²) in [6.07, 6.45) is 6.54. The Balaban J connectivity index is 1.93. The Morgan fingerprint density at radius 2 is 2.28 bits per heavy atom. The van der Waals surface area contributed by atoms with E-state index in [1.165, 1.54) is 12.3 Å². The fourth-order valence-electron chi connectivity index (χ4n) is 1.40. The number of nitrogens with one attached hydrogen (secondary N) is 1. The van der Waals surface area contributed by atoms with E-state index in [1.54, 1.807) is 12.5 Å². The second kappa shape index (κ2) is 5.84. The molecule has 7 heteroatoms. The average molecular weight is 285 g/mol. The van der Waals surface area contributed by atoms with Gasteiger partial charge in [0.2, 0.25) is 0 Å². The first-order valence-electron chi connectivity index (χ1n) is 5.22. The SMILES string of the molecule is O=C(NCCn1ccnc1)c1cc(Cl)ncc1Cl. The summed E-state index contributed by atoms with van der Waals surface area (Å²) in [6, 6.07) is 1.44. The summed E-state index contributed by atoms with van der Waals surface area (Å²) in [6.45, 7) is 1.12. The van der Waals surface area contributed by atoms with Gasteiger partial charge in [0.15, 0.2) is 0 Å². The third-order valence-corrected chi connectivity index (χ3v) is 2.79. The van der Waals surface area contributed by atoms with Crippen LogP contribution in [0.3, 0.4) is 0 Å². The molecule has 18 heavy (non-hydrogen) atoms. The fourth-order valence-corrected chi connectivity index (χ4v) is 1.75. The lowest BCUT2D eigenvalue weighted by Crippen LogP contribution is -2.27. The molecule has 0 bridgehead atoms. The van der Waals surface area contributed by atoms with Gasteiger partial charge in [0.1, 0.15) is 5.15 Å². The van der Waals surface area contributed by atoms with Crippen molar-refractivity contribution in [3.8, 4) is 0 Å². The normalized spacial score (nSPS) is 10.3. The predicted molar refractivity (Wildman–Crippen MR) is 68.8 cm³/mol. The van der Waals surface area contributed by atoms with E-state index in [4.69, 9.17) is 23.2 Å². The van der Waals surface area contributed by atoms with E-state index in [0.29, 0.717) is 18.7 Å². The molecule has 1 N–H and O–H groups in total. The van der Waals surface area contributed by atoms with Crippen LogP contribution in [-0.4, -0.2) is 27.0 Å². The predicted octanol–water partition coefficient (Wildman–Crippen LogP) is 2.01. The van der Waals surface area contributed by atoms with E-state index in [0.717, 1.165) is 0 Å². The Morgan fingerprint density at radius 1 is 1.44 bits per heavy atom. The fraction of sp³-hybridized carbons (Fsp3) is 0.182. The molecule has 1 amide bonds. The summed E-state index contributed by atoms with van der Waals surface area (Å²) in [5.41, 5.74) is 0.322. The van der Waals surface area contributed by atoms with Crippen molar-refractivity contribution in [2.75, 3.05) is 6.54 Å². The van der Waals surface area contributed by atoms with Crippen LogP contribution in [-0.2, 0) is 6.54 Å². The monoisotopic (exact) mass is 284 g/mol. The van der Waals surface area contributed by atoms with Gasteiger partial charge in [-0.3, -0.25) is 4.79 Å². The molecule has 0 aliphatic heterocycles. The van der Waals surface area contributed by atoms with Crippen molar-refractivity contribution in [3.63, 3.8) is 0 Å². The zero-order valence-electron chi connectivity index (χ0n) is 9.31. The number of hydrogen-bond acceptors (Lipinski definition) is 3. The number of carbonyl (C=O) groups is 1. The van der Waals surface area contributed by atoms with Gasteiger partial charge in [-0.15, -0.1) is 0 Å². The van der Waals surface area contributed by atoms with Crippen LogP contribution in [0.2, 0.25) is 10.2 Å². The number of rotatable bonds is 4. The lowest BCUT2D eigenvalue weighted by molar-refractivity contribution is 0.0952. The van der Waals surface area contributed by atoms with Crippen molar-refractivity contribution >= 4 is 29.1 Å². The van der Waals surface area contributed by atoms with Crippen LogP contribution in [0.4, 0.5) is 0 Å². The molecule has 0 saturated carbocycles. The molecule has 0 atom stereocenters. The number of halogens is 2. The molecular weight excluding hydrogens is 275 g/mol. The molecule has 0 unspecified atom stereocenters. The van der Waals surface area contributed by atoms with Crippen LogP contribution in [0, 0.1) is 0 Å². The first-order valence-corrected chi connectivity index (χ1v) is 5.97. The molecule has 2 heterocycles. The van der Waals surface area contributed by atoms with Crippen LogP contribution in [0.15, 0.2) is 31.0 Å². The molecule has 94 valence electrons. The lowest BCUT2D eigenvalue weighted by atomic mass is 10.2. The summed E-state index contributed by atoms with van der Waals surface area (Å²) >= 11 is 11.6. The summed E-state index contributed by atoms with van der Waals surface area (Å²) < 4.78 is 1.86. The summed E-state index contributed by atoms with van der Waals surface area (Å²) in [5.74, 6) is -0.274. The van der Waals surface area contributed by atoms with Gasteiger partial charge in [-0.25, -0.2) is 9.97 Å². The second-order valence-corrected chi connectivity index (χ2v) is 4.34. The van der Waals surface area contributed by atoms with Crippen LogP contribution in [0.1, 0.15) is 10.4 Å². The highest BCUT2D eigenvalue weighted by Crippen LogP contribution is 2.17. The molecule has 0 aliphatic carbocycles. The van der Waals surface area contributed by atoms with Crippen molar-refractivity contribution in [2.45, 2.75) is 6.54 Å². The molecule has 0 aromatic carbocycles. The van der Waals surface area contributed by atoms with Crippen molar-refractivity contribution in [1.29, 1.82) is 0 Å². The minimum atomic E-state index is -0.274. The smallest absolute Gasteiger partial charge is 0.253 e. The molecule has 0 spiro atoms. The van der Waals surface area contributed by atoms with Gasteiger partial charge >= 0.3 is 0 Å².